The zero-order chi connectivity index (χ0) is 17.8. The van der Waals surface area contributed by atoms with E-state index >= 15 is 0 Å². The number of rotatable bonds is 5. The van der Waals surface area contributed by atoms with Crippen molar-refractivity contribution in [3.8, 4) is 5.75 Å². The number of hydrogen-bond donors (Lipinski definition) is 2. The highest BCUT2D eigenvalue weighted by atomic mass is 16.5. The number of amides is 1. The highest BCUT2D eigenvalue weighted by molar-refractivity contribution is 5.76. The molecule has 0 radical (unpaired) electrons. The monoisotopic (exact) mass is 345 g/mol. The van der Waals surface area contributed by atoms with Gasteiger partial charge in [-0.15, -0.1) is 0 Å². The van der Waals surface area contributed by atoms with E-state index in [1.54, 1.807) is 12.3 Å². The molecule has 2 atom stereocenters. The van der Waals surface area contributed by atoms with Crippen LogP contribution in [0, 0.1) is 13.8 Å². The summed E-state index contributed by atoms with van der Waals surface area (Å²) in [7, 11) is 0. The van der Waals surface area contributed by atoms with Gasteiger partial charge in [-0.05, 0) is 32.4 Å². The Bertz CT molecular complexity index is 728. The van der Waals surface area contributed by atoms with Crippen LogP contribution in [-0.2, 0) is 16.1 Å². The van der Waals surface area contributed by atoms with Gasteiger partial charge in [0.2, 0.25) is 5.91 Å². The number of ether oxygens (including phenoxy) is 2. The molecule has 0 saturated carbocycles. The Kier molecular flexibility index (Phi) is 5.18. The Morgan fingerprint density at radius 3 is 2.96 bits per heavy atom. The van der Waals surface area contributed by atoms with Crippen LogP contribution in [0.4, 0.5) is 5.82 Å². The summed E-state index contributed by atoms with van der Waals surface area (Å²) in [5.74, 6) is 0.975. The molecule has 1 aliphatic heterocycles. The van der Waals surface area contributed by atoms with Crippen molar-refractivity contribution in [3.63, 3.8) is 0 Å². The lowest BCUT2D eigenvalue weighted by Gasteiger charge is -2.32. The third-order valence-electron chi connectivity index (χ3n) is 4.05. The molecule has 0 bridgehead atoms. The van der Waals surface area contributed by atoms with Gasteiger partial charge in [0.25, 0.3) is 0 Å². The topological polar surface area (TPSA) is 104 Å². The van der Waals surface area contributed by atoms with Gasteiger partial charge in [0.15, 0.2) is 0 Å². The molecular formula is C17H23N5O3. The molecule has 0 aliphatic carbocycles. The molecule has 8 heteroatoms. The number of nitrogens with zero attached hydrogens (tertiary/aromatic N) is 3. The van der Waals surface area contributed by atoms with E-state index in [0.29, 0.717) is 31.2 Å². The normalized spacial score (nSPS) is 20.2. The van der Waals surface area contributed by atoms with Crippen LogP contribution in [0.1, 0.15) is 17.8 Å². The molecule has 1 aliphatic rings. The highest BCUT2D eigenvalue weighted by Gasteiger charge is 2.29. The van der Waals surface area contributed by atoms with Crippen molar-refractivity contribution < 1.29 is 14.3 Å². The number of carbonyl (C=O) groups excluding carboxylic acids is 1. The van der Waals surface area contributed by atoms with Crippen molar-refractivity contribution in [2.45, 2.75) is 39.0 Å². The van der Waals surface area contributed by atoms with Gasteiger partial charge in [-0.2, -0.15) is 5.10 Å². The largest absolute Gasteiger partial charge is 0.484 e. The molecule has 0 aromatic carbocycles. The second kappa shape index (κ2) is 7.52. The number of nitrogens with one attached hydrogen (secondary N) is 1. The second-order valence-corrected chi connectivity index (χ2v) is 6.20. The second-order valence-electron chi connectivity index (χ2n) is 6.20. The predicted molar refractivity (Wildman–Crippen MR) is 92.1 cm³/mol. The number of aryl methyl sites for hydroxylation is 2. The summed E-state index contributed by atoms with van der Waals surface area (Å²) in [6.45, 7) is 4.83. The van der Waals surface area contributed by atoms with Crippen LogP contribution >= 0.6 is 0 Å². The first-order valence-corrected chi connectivity index (χ1v) is 8.27. The molecular weight excluding hydrogens is 322 g/mol. The molecule has 1 saturated heterocycles. The van der Waals surface area contributed by atoms with E-state index in [4.69, 9.17) is 15.2 Å². The zero-order valence-electron chi connectivity index (χ0n) is 14.4. The van der Waals surface area contributed by atoms with Crippen LogP contribution in [0.15, 0.2) is 24.4 Å². The fourth-order valence-corrected chi connectivity index (χ4v) is 2.77. The summed E-state index contributed by atoms with van der Waals surface area (Å²) < 4.78 is 12.9. The van der Waals surface area contributed by atoms with E-state index < -0.39 is 0 Å². The minimum Gasteiger partial charge on any atom is -0.484 e. The molecule has 0 spiro atoms. The van der Waals surface area contributed by atoms with Gasteiger partial charge in [0.1, 0.15) is 24.2 Å². The maximum atomic E-state index is 12.3. The van der Waals surface area contributed by atoms with E-state index in [2.05, 4.69) is 15.4 Å². The first-order valence-electron chi connectivity index (χ1n) is 8.27. The number of nitrogens with two attached hydrogens (primary N) is 1. The van der Waals surface area contributed by atoms with Crippen molar-refractivity contribution in [2.24, 2.45) is 0 Å². The number of carbonyl (C=O) groups is 1. The minimum atomic E-state index is -0.265. The number of hydrogen-bond acceptors (Lipinski definition) is 6. The molecule has 3 rings (SSSR count). The Hall–Kier alpha value is -2.61. The van der Waals surface area contributed by atoms with Gasteiger partial charge in [0.05, 0.1) is 24.5 Å². The molecule has 134 valence electrons. The summed E-state index contributed by atoms with van der Waals surface area (Å²) in [6, 6.07) is 5.34. The number of aromatic nitrogens is 3. The summed E-state index contributed by atoms with van der Waals surface area (Å²) >= 11 is 0. The summed E-state index contributed by atoms with van der Waals surface area (Å²) in [5, 5.41) is 7.21. The van der Waals surface area contributed by atoms with Crippen molar-refractivity contribution >= 4 is 11.7 Å². The zero-order valence-corrected chi connectivity index (χ0v) is 14.4. The number of pyridine rings is 1. The first-order chi connectivity index (χ1) is 12.0. The van der Waals surface area contributed by atoms with Gasteiger partial charge in [-0.3, -0.25) is 9.78 Å². The van der Waals surface area contributed by atoms with Crippen molar-refractivity contribution in [3.05, 3.63) is 35.8 Å². The summed E-state index contributed by atoms with van der Waals surface area (Å²) in [5.41, 5.74) is 7.54. The molecule has 0 unspecified atom stereocenters. The summed E-state index contributed by atoms with van der Waals surface area (Å²) in [6.07, 6.45) is 2.10. The molecule has 8 nitrogen and oxygen atoms in total. The van der Waals surface area contributed by atoms with E-state index in [9.17, 15) is 4.79 Å². The van der Waals surface area contributed by atoms with E-state index in [1.165, 1.54) is 4.68 Å². The Morgan fingerprint density at radius 2 is 2.28 bits per heavy atom. The first kappa shape index (κ1) is 17.2. The molecule has 2 aromatic rings. The number of nitrogen functional groups attached to an aromatic ring is 1. The van der Waals surface area contributed by atoms with Crippen molar-refractivity contribution in [1.29, 1.82) is 0 Å². The smallest absolute Gasteiger partial charge is 0.242 e. The Morgan fingerprint density at radius 1 is 1.44 bits per heavy atom. The predicted octanol–water partition coefficient (Wildman–Crippen LogP) is 0.830. The van der Waals surface area contributed by atoms with E-state index in [1.807, 2.05) is 26.0 Å². The SMILES string of the molecule is Cc1ccc(O[C@H]2COCC[C@H]2NC(=O)Cn2nc(C)cc2N)cn1. The molecule has 3 N–H and O–H groups in total. The van der Waals surface area contributed by atoms with Crippen LogP contribution in [0.25, 0.3) is 0 Å². The molecule has 2 aromatic heterocycles. The maximum absolute atomic E-state index is 12.3. The standard InChI is InChI=1S/C17H23N5O3/c1-11-3-4-13(8-19-11)25-15-10-24-6-5-14(15)20-17(23)9-22-16(18)7-12(2)21-22/h3-4,7-8,14-15H,5-6,9-10,18H2,1-2H3,(H,20,23)/t14-,15+/m1/s1. The van der Waals surface area contributed by atoms with Crippen LogP contribution in [0.3, 0.4) is 0 Å². The summed E-state index contributed by atoms with van der Waals surface area (Å²) in [4.78, 5) is 16.6. The Balaban J connectivity index is 1.61. The molecule has 1 amide bonds. The fraction of sp³-hybridized carbons (Fsp3) is 0.471. The number of anilines is 1. The third kappa shape index (κ3) is 4.48. The molecule has 25 heavy (non-hydrogen) atoms. The van der Waals surface area contributed by atoms with Gasteiger partial charge in [-0.25, -0.2) is 4.68 Å². The van der Waals surface area contributed by atoms with Gasteiger partial charge < -0.3 is 20.5 Å². The maximum Gasteiger partial charge on any atom is 0.242 e. The molecule has 3 heterocycles. The molecule has 1 fully saturated rings. The van der Waals surface area contributed by atoms with Crippen molar-refractivity contribution in [1.82, 2.24) is 20.1 Å². The van der Waals surface area contributed by atoms with Crippen molar-refractivity contribution in [2.75, 3.05) is 18.9 Å². The van der Waals surface area contributed by atoms with Gasteiger partial charge in [-0.1, -0.05) is 0 Å². The quantitative estimate of drug-likeness (QED) is 0.832. The van der Waals surface area contributed by atoms with Crippen LogP contribution in [0.5, 0.6) is 5.75 Å². The average molecular weight is 345 g/mol. The van der Waals surface area contributed by atoms with Crippen LogP contribution in [-0.4, -0.2) is 46.0 Å². The van der Waals surface area contributed by atoms with Gasteiger partial charge in [0, 0.05) is 18.4 Å². The third-order valence-corrected chi connectivity index (χ3v) is 4.05. The lowest BCUT2D eigenvalue weighted by atomic mass is 10.1. The van der Waals surface area contributed by atoms with Crippen LogP contribution < -0.4 is 15.8 Å². The van der Waals surface area contributed by atoms with E-state index in [-0.39, 0.29) is 24.6 Å². The van der Waals surface area contributed by atoms with Crippen LogP contribution in [0.2, 0.25) is 0 Å². The van der Waals surface area contributed by atoms with Gasteiger partial charge >= 0.3 is 0 Å². The van der Waals surface area contributed by atoms with E-state index in [0.717, 1.165) is 11.4 Å². The Labute approximate surface area is 146 Å². The fourth-order valence-electron chi connectivity index (χ4n) is 2.77. The average Bonchev–Trinajstić information content (AvgIpc) is 2.88. The lowest BCUT2D eigenvalue weighted by molar-refractivity contribution is -0.124. The highest BCUT2D eigenvalue weighted by Crippen LogP contribution is 2.17. The lowest BCUT2D eigenvalue weighted by Crippen LogP contribution is -2.52. The minimum absolute atomic E-state index is 0.0792.